The normalized spacial score (nSPS) is 29.6. The average Bonchev–Trinajstić information content (AvgIpc) is 3.34. The molecule has 27 heavy (non-hydrogen) atoms. The first-order valence-electron chi connectivity index (χ1n) is 11.4. The van der Waals surface area contributed by atoms with Crippen LogP contribution in [0.4, 0.5) is 0 Å². The van der Waals surface area contributed by atoms with Crippen molar-refractivity contribution in [3.05, 3.63) is 0 Å². The van der Waals surface area contributed by atoms with Crippen LogP contribution in [0.1, 0.15) is 89.5 Å². The van der Waals surface area contributed by atoms with E-state index in [2.05, 4.69) is 83.1 Å². The van der Waals surface area contributed by atoms with Gasteiger partial charge in [-0.2, -0.15) is 0 Å². The summed E-state index contributed by atoms with van der Waals surface area (Å²) in [5.41, 5.74) is 2.93. The summed E-state index contributed by atoms with van der Waals surface area (Å²) in [5.74, 6) is 1.49. The number of hydrogen-bond donors (Lipinski definition) is 0. The predicted octanol–water partition coefficient (Wildman–Crippen LogP) is 7.47. The van der Waals surface area contributed by atoms with E-state index in [0.717, 1.165) is 11.8 Å². The zero-order valence-electron chi connectivity index (χ0n) is 20.1. The van der Waals surface area contributed by atoms with Crippen molar-refractivity contribution in [3.63, 3.8) is 0 Å². The quantitative estimate of drug-likeness (QED) is 0.392. The monoisotopic (exact) mass is 430 g/mol. The maximum Gasteiger partial charge on any atom is 0.326 e. The minimum absolute atomic E-state index is 0.452. The van der Waals surface area contributed by atoms with E-state index in [4.69, 9.17) is 12.3 Å². The van der Waals surface area contributed by atoms with E-state index in [1.165, 1.54) is 6.42 Å². The van der Waals surface area contributed by atoms with Crippen LogP contribution in [0.2, 0.25) is 33.2 Å². The van der Waals surface area contributed by atoms with Gasteiger partial charge in [0.15, 0.2) is 0 Å². The Balaban J connectivity index is 2.66. The van der Waals surface area contributed by atoms with Gasteiger partial charge in [0.05, 0.1) is 0 Å². The molecule has 0 amide bonds. The third kappa shape index (κ3) is 3.83. The third-order valence-electron chi connectivity index (χ3n) is 7.19. The van der Waals surface area contributed by atoms with Gasteiger partial charge in [0, 0.05) is 5.54 Å². The molecule has 2 unspecified atom stereocenters. The molecule has 2 aliphatic rings. The van der Waals surface area contributed by atoms with Gasteiger partial charge in [-0.1, -0.05) is 83.1 Å². The summed E-state index contributed by atoms with van der Waals surface area (Å²) in [6.45, 7) is 28.2. The van der Waals surface area contributed by atoms with Gasteiger partial charge in [-0.15, -0.1) is 0 Å². The summed E-state index contributed by atoms with van der Waals surface area (Å²) in [6.07, 6.45) is 1.30. The highest BCUT2D eigenvalue weighted by molar-refractivity contribution is 6.97. The van der Waals surface area contributed by atoms with Crippen LogP contribution in [-0.4, -0.2) is 25.7 Å². The molecule has 1 saturated heterocycles. The third-order valence-corrected chi connectivity index (χ3v) is 24.6. The zero-order valence-corrected chi connectivity index (χ0v) is 23.1. The first-order valence-corrected chi connectivity index (χ1v) is 17.3. The molecule has 1 heterocycles. The zero-order chi connectivity index (χ0) is 20.9. The van der Waals surface area contributed by atoms with E-state index in [9.17, 15) is 0 Å². The van der Waals surface area contributed by atoms with Crippen molar-refractivity contribution in [2.75, 3.05) is 0 Å². The van der Waals surface area contributed by atoms with Gasteiger partial charge in [0.25, 0.3) is 0 Å². The lowest BCUT2D eigenvalue weighted by molar-refractivity contribution is 0.176. The van der Waals surface area contributed by atoms with Crippen molar-refractivity contribution in [2.45, 2.75) is 123 Å². The maximum absolute atomic E-state index is 7.37. The fraction of sp³-hybridized carbons (Fsp3) is 1.00. The smallest absolute Gasteiger partial charge is 0.326 e. The summed E-state index contributed by atoms with van der Waals surface area (Å²) in [5, 5.41) is 0. The fourth-order valence-electron chi connectivity index (χ4n) is 5.32. The number of rotatable bonds is 7. The minimum Gasteiger partial charge on any atom is -0.415 e. The van der Waals surface area contributed by atoms with Crippen molar-refractivity contribution in [3.8, 4) is 0 Å². The molecule has 160 valence electrons. The van der Waals surface area contributed by atoms with Crippen LogP contribution >= 0.6 is 0 Å². The van der Waals surface area contributed by atoms with Crippen molar-refractivity contribution in [2.24, 2.45) is 11.8 Å². The van der Waals surface area contributed by atoms with E-state index in [1.54, 1.807) is 0 Å². The molecule has 3 nitrogen and oxygen atoms in total. The number of hydrogen-bond acceptors (Lipinski definition) is 3. The van der Waals surface area contributed by atoms with Crippen molar-refractivity contribution in [1.82, 2.24) is 0 Å². The minimum atomic E-state index is -2.39. The Hall–Kier alpha value is 0.531. The Morgan fingerprint density at radius 1 is 0.556 bits per heavy atom. The lowest BCUT2D eigenvalue weighted by Crippen LogP contribution is -2.75. The molecule has 0 aromatic rings. The van der Waals surface area contributed by atoms with E-state index >= 15 is 0 Å². The van der Waals surface area contributed by atoms with E-state index in [-0.39, 0.29) is 0 Å². The molecule has 1 saturated carbocycles. The Kier molecular flexibility index (Phi) is 7.04. The second kappa shape index (κ2) is 7.99. The van der Waals surface area contributed by atoms with Gasteiger partial charge in [-0.3, -0.25) is 0 Å². The second-order valence-corrected chi connectivity index (χ2v) is 24.3. The lowest BCUT2D eigenvalue weighted by Gasteiger charge is -2.60. The summed E-state index contributed by atoms with van der Waals surface area (Å²) in [6, 6.07) is 0. The Labute approximate surface area is 172 Å². The van der Waals surface area contributed by atoms with Crippen molar-refractivity contribution < 1.29 is 12.3 Å². The summed E-state index contributed by atoms with van der Waals surface area (Å²) in [7, 11) is -7.15. The van der Waals surface area contributed by atoms with Crippen LogP contribution in [0.5, 0.6) is 0 Å². The van der Waals surface area contributed by atoms with Crippen LogP contribution in [0.15, 0.2) is 0 Å². The van der Waals surface area contributed by atoms with Crippen LogP contribution in [0, 0.1) is 11.8 Å². The molecule has 0 N–H and O–H groups in total. The molecule has 1 aliphatic carbocycles. The Bertz CT molecular complexity index is 473. The Morgan fingerprint density at radius 3 is 1.15 bits per heavy atom. The van der Waals surface area contributed by atoms with Crippen LogP contribution in [0.25, 0.3) is 0 Å². The predicted molar refractivity (Wildman–Crippen MR) is 123 cm³/mol. The molecule has 6 heteroatoms. The molecule has 0 spiro atoms. The van der Waals surface area contributed by atoms with Crippen molar-refractivity contribution >= 4 is 25.7 Å². The SMILES string of the molecule is CC(C)C1CC1[Si]1(C(C)C)O[Si](C(C)C)(C(C)C)O[Si](C(C)C)(C(C)C)O1. The molecule has 0 radical (unpaired) electrons. The molecular weight excluding hydrogens is 384 g/mol. The first-order chi connectivity index (χ1) is 12.3. The van der Waals surface area contributed by atoms with E-state index in [1.807, 2.05) is 0 Å². The van der Waals surface area contributed by atoms with Crippen molar-refractivity contribution in [1.29, 1.82) is 0 Å². The maximum atomic E-state index is 7.37. The topological polar surface area (TPSA) is 27.7 Å². The highest BCUT2D eigenvalue weighted by Crippen LogP contribution is 2.64. The van der Waals surface area contributed by atoms with Crippen LogP contribution in [-0.2, 0) is 12.3 Å². The lowest BCUT2D eigenvalue weighted by atomic mass is 10.1. The van der Waals surface area contributed by atoms with Gasteiger partial charge in [0.1, 0.15) is 0 Å². The molecule has 0 aromatic carbocycles. The average molecular weight is 431 g/mol. The second-order valence-electron chi connectivity index (χ2n) is 11.0. The molecule has 1 aliphatic heterocycles. The summed E-state index contributed by atoms with van der Waals surface area (Å²) >= 11 is 0. The molecule has 0 bridgehead atoms. The molecular formula is C21H46O3Si3. The van der Waals surface area contributed by atoms with Crippen LogP contribution in [0.3, 0.4) is 0 Å². The largest absolute Gasteiger partial charge is 0.415 e. The molecule has 2 rings (SSSR count). The van der Waals surface area contributed by atoms with Gasteiger partial charge >= 0.3 is 25.7 Å². The fourth-order valence-corrected chi connectivity index (χ4v) is 28.7. The standard InChI is InChI=1S/C21H46O3Si3/c1-14(2)20-13-21(20)27(19(11)12)23-25(15(3)4,16(5)6)22-26(24-27,17(7)8)18(9)10/h14-21H,13H2,1-12H3. The summed E-state index contributed by atoms with van der Waals surface area (Å²) < 4.78 is 22.0. The highest BCUT2D eigenvalue weighted by Gasteiger charge is 2.72. The van der Waals surface area contributed by atoms with Crippen LogP contribution < -0.4 is 0 Å². The van der Waals surface area contributed by atoms with Gasteiger partial charge in [-0.05, 0) is 46.0 Å². The van der Waals surface area contributed by atoms with Gasteiger partial charge in [-0.25, -0.2) is 0 Å². The highest BCUT2D eigenvalue weighted by atomic mass is 28.5. The summed E-state index contributed by atoms with van der Waals surface area (Å²) in [4.78, 5) is 0. The van der Waals surface area contributed by atoms with E-state index in [0.29, 0.717) is 33.2 Å². The molecule has 0 aromatic heterocycles. The Morgan fingerprint density at radius 2 is 0.926 bits per heavy atom. The van der Waals surface area contributed by atoms with Gasteiger partial charge in [0.2, 0.25) is 0 Å². The first kappa shape index (κ1) is 23.8. The van der Waals surface area contributed by atoms with Gasteiger partial charge < -0.3 is 12.3 Å². The molecule has 2 atom stereocenters. The van der Waals surface area contributed by atoms with E-state index < -0.39 is 25.7 Å². The molecule has 2 fully saturated rings.